The first-order valence-corrected chi connectivity index (χ1v) is 3.80. The van der Waals surface area contributed by atoms with Gasteiger partial charge in [0, 0.05) is 12.2 Å². The Hall–Kier alpha value is -1.38. The van der Waals surface area contributed by atoms with E-state index in [2.05, 4.69) is 5.32 Å². The highest BCUT2D eigenvalue weighted by atomic mass is 19.1. The minimum Gasteiger partial charge on any atom is -0.384 e. The van der Waals surface area contributed by atoms with Crippen LogP contribution in [0.5, 0.6) is 0 Å². The fraction of sp³-hybridized carbons (Fsp3) is 0.222. The van der Waals surface area contributed by atoms with E-state index in [0.29, 0.717) is 6.54 Å². The number of carbonyl (C=O) groups is 1. The van der Waals surface area contributed by atoms with Crippen molar-refractivity contribution in [2.45, 2.75) is 5.92 Å². The highest BCUT2D eigenvalue weighted by molar-refractivity contribution is 5.73. The summed E-state index contributed by atoms with van der Waals surface area (Å²) < 4.78 is 12.7. The molecule has 0 spiro atoms. The molecule has 1 N–H and O–H groups in total. The van der Waals surface area contributed by atoms with E-state index >= 15 is 0 Å². The third kappa shape index (κ3) is 0.978. The minimum atomic E-state index is -0.288. The Morgan fingerprint density at radius 2 is 2.42 bits per heavy atom. The van der Waals surface area contributed by atoms with Crippen LogP contribution in [0.25, 0.3) is 0 Å². The zero-order valence-corrected chi connectivity index (χ0v) is 6.38. The predicted molar refractivity (Wildman–Crippen MR) is 43.7 cm³/mol. The molecule has 1 aromatic carbocycles. The largest absolute Gasteiger partial charge is 0.384 e. The number of aldehydes is 1. The molecule has 1 aliphatic rings. The van der Waals surface area contributed by atoms with Gasteiger partial charge in [-0.3, -0.25) is 0 Å². The van der Waals surface area contributed by atoms with E-state index in [9.17, 15) is 9.18 Å². The summed E-state index contributed by atoms with van der Waals surface area (Å²) in [5.74, 6) is -0.472. The van der Waals surface area contributed by atoms with Crippen molar-refractivity contribution in [1.29, 1.82) is 0 Å². The Kier molecular flexibility index (Phi) is 1.57. The number of fused-ring (bicyclic) bond motifs is 1. The molecule has 0 aromatic heterocycles. The van der Waals surface area contributed by atoms with Gasteiger partial charge < -0.3 is 10.1 Å². The fourth-order valence-corrected chi connectivity index (χ4v) is 1.45. The van der Waals surface area contributed by atoms with E-state index in [4.69, 9.17) is 0 Å². The van der Waals surface area contributed by atoms with Gasteiger partial charge in [0.25, 0.3) is 0 Å². The summed E-state index contributed by atoms with van der Waals surface area (Å²) in [4.78, 5) is 10.5. The number of carbonyl (C=O) groups excluding carboxylic acids is 1. The van der Waals surface area contributed by atoms with Gasteiger partial charge in [-0.1, -0.05) is 0 Å². The maximum Gasteiger partial charge on any atom is 0.129 e. The molecule has 12 heavy (non-hydrogen) atoms. The molecule has 62 valence electrons. The molecule has 3 heteroatoms. The van der Waals surface area contributed by atoms with Crippen LogP contribution in [0.3, 0.4) is 0 Å². The summed E-state index contributed by atoms with van der Waals surface area (Å²) >= 11 is 0. The van der Waals surface area contributed by atoms with E-state index < -0.39 is 0 Å². The molecule has 0 amide bonds. The molecule has 1 atom stereocenters. The van der Waals surface area contributed by atoms with Crippen LogP contribution in [-0.4, -0.2) is 12.8 Å². The Bertz CT molecular complexity index is 324. The Morgan fingerprint density at radius 1 is 1.58 bits per heavy atom. The molecule has 0 bridgehead atoms. The van der Waals surface area contributed by atoms with E-state index in [-0.39, 0.29) is 11.7 Å². The van der Waals surface area contributed by atoms with Crippen LogP contribution in [0, 0.1) is 5.82 Å². The molecule has 0 aliphatic carbocycles. The lowest BCUT2D eigenvalue weighted by molar-refractivity contribution is -0.108. The van der Waals surface area contributed by atoms with Gasteiger partial charge in [-0.05, 0) is 23.8 Å². The van der Waals surface area contributed by atoms with E-state index in [1.165, 1.54) is 12.1 Å². The van der Waals surface area contributed by atoms with Gasteiger partial charge in [0.2, 0.25) is 0 Å². The molecule has 0 fully saturated rings. The van der Waals surface area contributed by atoms with Gasteiger partial charge in [0.1, 0.15) is 12.1 Å². The maximum atomic E-state index is 12.7. The summed E-state index contributed by atoms with van der Waals surface area (Å²) in [6, 6.07) is 4.46. The molecule has 1 unspecified atom stereocenters. The number of nitrogens with one attached hydrogen (secondary N) is 1. The highest BCUT2D eigenvalue weighted by Crippen LogP contribution is 2.30. The smallest absolute Gasteiger partial charge is 0.129 e. The summed E-state index contributed by atoms with van der Waals surface area (Å²) in [5, 5.41) is 3.03. The topological polar surface area (TPSA) is 29.1 Å². The van der Waals surface area contributed by atoms with Gasteiger partial charge in [-0.25, -0.2) is 4.39 Å². The third-order valence-electron chi connectivity index (χ3n) is 2.09. The van der Waals surface area contributed by atoms with Gasteiger partial charge >= 0.3 is 0 Å². The third-order valence-corrected chi connectivity index (χ3v) is 2.09. The molecule has 0 saturated carbocycles. The number of hydrogen-bond acceptors (Lipinski definition) is 2. The highest BCUT2D eigenvalue weighted by Gasteiger charge is 2.21. The van der Waals surface area contributed by atoms with Crippen molar-refractivity contribution in [3.05, 3.63) is 29.6 Å². The lowest BCUT2D eigenvalue weighted by Crippen LogP contribution is -2.02. The number of halogens is 1. The van der Waals surface area contributed by atoms with Crippen LogP contribution >= 0.6 is 0 Å². The molecule has 0 saturated heterocycles. The zero-order chi connectivity index (χ0) is 8.55. The van der Waals surface area contributed by atoms with Crippen molar-refractivity contribution in [3.63, 3.8) is 0 Å². The fourth-order valence-electron chi connectivity index (χ4n) is 1.45. The molecular weight excluding hydrogens is 157 g/mol. The van der Waals surface area contributed by atoms with Crippen LogP contribution in [-0.2, 0) is 4.79 Å². The summed E-state index contributed by atoms with van der Waals surface area (Å²) in [6.07, 6.45) is 0.846. The van der Waals surface area contributed by atoms with E-state index in [1.807, 2.05) is 0 Å². The molecular formula is C9H8FNO. The Morgan fingerprint density at radius 3 is 3.17 bits per heavy atom. The van der Waals surface area contributed by atoms with E-state index in [1.54, 1.807) is 6.07 Å². The molecule has 1 aromatic rings. The lowest BCUT2D eigenvalue weighted by Gasteiger charge is -1.99. The maximum absolute atomic E-state index is 12.7. The van der Waals surface area contributed by atoms with E-state index in [0.717, 1.165) is 17.5 Å². The van der Waals surface area contributed by atoms with Gasteiger partial charge in [-0.15, -0.1) is 0 Å². The normalized spacial score (nSPS) is 19.9. The molecule has 1 heterocycles. The molecule has 2 rings (SSSR count). The monoisotopic (exact) mass is 165 g/mol. The first-order chi connectivity index (χ1) is 5.81. The second kappa shape index (κ2) is 2.59. The van der Waals surface area contributed by atoms with Gasteiger partial charge in [-0.2, -0.15) is 0 Å². The molecule has 1 aliphatic heterocycles. The van der Waals surface area contributed by atoms with Crippen LogP contribution in [0.1, 0.15) is 11.5 Å². The van der Waals surface area contributed by atoms with Crippen LogP contribution in [0.15, 0.2) is 18.2 Å². The lowest BCUT2D eigenvalue weighted by atomic mass is 10.0. The first-order valence-electron chi connectivity index (χ1n) is 3.80. The van der Waals surface area contributed by atoms with Crippen LogP contribution < -0.4 is 5.32 Å². The van der Waals surface area contributed by atoms with Crippen molar-refractivity contribution in [2.24, 2.45) is 0 Å². The zero-order valence-electron chi connectivity index (χ0n) is 6.38. The number of benzene rings is 1. The van der Waals surface area contributed by atoms with Crippen molar-refractivity contribution in [1.82, 2.24) is 0 Å². The number of hydrogen-bond donors (Lipinski definition) is 1. The minimum absolute atomic E-state index is 0.185. The SMILES string of the molecule is O=CC1CNc2ccc(F)cc21. The Balaban J connectivity index is 2.49. The molecule has 2 nitrogen and oxygen atoms in total. The summed E-state index contributed by atoms with van der Waals surface area (Å²) in [7, 11) is 0. The average molecular weight is 165 g/mol. The van der Waals surface area contributed by atoms with Crippen molar-refractivity contribution < 1.29 is 9.18 Å². The van der Waals surface area contributed by atoms with Crippen molar-refractivity contribution in [3.8, 4) is 0 Å². The predicted octanol–water partition coefficient (Wildman–Crippen LogP) is 1.53. The first kappa shape index (κ1) is 7.28. The Labute approximate surface area is 69.4 Å². The molecule has 0 radical (unpaired) electrons. The number of rotatable bonds is 1. The second-order valence-corrected chi connectivity index (χ2v) is 2.86. The standard InChI is InChI=1S/C9H8FNO/c10-7-1-2-9-8(3-7)6(5-12)4-11-9/h1-3,5-6,11H,4H2. The van der Waals surface area contributed by atoms with Gasteiger partial charge in [0.15, 0.2) is 0 Å². The van der Waals surface area contributed by atoms with Gasteiger partial charge in [0.05, 0.1) is 5.92 Å². The average Bonchev–Trinajstić information content (AvgIpc) is 2.46. The van der Waals surface area contributed by atoms with Crippen molar-refractivity contribution in [2.75, 3.05) is 11.9 Å². The quantitative estimate of drug-likeness (QED) is 0.639. The summed E-state index contributed by atoms with van der Waals surface area (Å²) in [5.41, 5.74) is 1.64. The summed E-state index contributed by atoms with van der Waals surface area (Å²) in [6.45, 7) is 0.586. The van der Waals surface area contributed by atoms with Crippen molar-refractivity contribution >= 4 is 12.0 Å². The second-order valence-electron chi connectivity index (χ2n) is 2.86. The van der Waals surface area contributed by atoms with Crippen LogP contribution in [0.2, 0.25) is 0 Å². The van der Waals surface area contributed by atoms with Crippen LogP contribution in [0.4, 0.5) is 10.1 Å². The number of anilines is 1.